The van der Waals surface area contributed by atoms with Crippen LogP contribution in [0.2, 0.25) is 5.02 Å². The Morgan fingerprint density at radius 3 is 1.21 bits per heavy atom. The van der Waals surface area contributed by atoms with Gasteiger partial charge >= 0.3 is 0 Å². The van der Waals surface area contributed by atoms with Crippen LogP contribution in [0.25, 0.3) is 233 Å². The lowest BCUT2D eigenvalue weighted by molar-refractivity contribution is 1.08. The highest BCUT2D eigenvalue weighted by Gasteiger charge is 2.26. The number of hydrogen-bond acceptors (Lipinski definition) is 8. The lowest BCUT2D eigenvalue weighted by Gasteiger charge is -2.12. The zero-order valence-corrected chi connectivity index (χ0v) is 67.4. The molecule has 1 aliphatic carbocycles. The smallest absolute Gasteiger partial charge is 0.164 e. The van der Waals surface area contributed by atoms with E-state index < -0.39 is 0 Å². The van der Waals surface area contributed by atoms with Crippen molar-refractivity contribution in [1.82, 2.24) is 34.5 Å². The highest BCUT2D eigenvalue weighted by molar-refractivity contribution is 7.27. The molecule has 0 atom stereocenters. The van der Waals surface area contributed by atoms with Gasteiger partial charge in [-0.2, -0.15) is 0 Å². The average molecular weight is 1600 g/mol. The summed E-state index contributed by atoms with van der Waals surface area (Å²) in [6.07, 6.45) is 1.05. The zero-order valence-electron chi connectivity index (χ0n) is 65.0. The third-order valence-electron chi connectivity index (χ3n) is 24.1. The van der Waals surface area contributed by atoms with Crippen molar-refractivity contribution in [3.63, 3.8) is 0 Å². The van der Waals surface area contributed by atoms with E-state index in [1.54, 1.807) is 11.3 Å². The summed E-state index contributed by atoms with van der Waals surface area (Å²) in [5.41, 5.74) is 15.1. The molecule has 0 spiro atoms. The molecule has 5 aromatic heterocycles. The Bertz CT molecular complexity index is 8610. The van der Waals surface area contributed by atoms with E-state index in [0.717, 1.165) is 83.2 Å². The molecule has 20 aromatic carbocycles. The van der Waals surface area contributed by atoms with Gasteiger partial charge in [-0.25, -0.2) is 29.9 Å². The number of rotatable bonds is 7. The molecule has 0 amide bonds. The Labute approximate surface area is 707 Å². The normalized spacial score (nSPS) is 12.0. The highest BCUT2D eigenvalue weighted by Crippen LogP contribution is 2.50. The van der Waals surface area contributed by atoms with Crippen LogP contribution in [0.5, 0.6) is 0 Å². The van der Waals surface area contributed by atoms with Crippen molar-refractivity contribution in [2.45, 2.75) is 6.42 Å². The first-order valence-electron chi connectivity index (χ1n) is 40.7. The van der Waals surface area contributed by atoms with Crippen LogP contribution in [0.4, 0.5) is 0 Å². The largest absolute Gasteiger partial charge is 0.309 e. The molecule has 0 bridgehead atoms. The lowest BCUT2D eigenvalue weighted by atomic mass is 9.98. The second-order valence-electron chi connectivity index (χ2n) is 31.3. The zero-order chi connectivity index (χ0) is 79.8. The molecule has 0 fully saturated rings. The Morgan fingerprint density at radius 2 is 0.645 bits per heavy atom. The summed E-state index contributed by atoms with van der Waals surface area (Å²) in [4.78, 5) is 30.9. The molecule has 121 heavy (non-hydrogen) atoms. The molecule has 0 saturated heterocycles. The summed E-state index contributed by atoms with van der Waals surface area (Å²) in [6, 6.07) is 138. The maximum atomic E-state index is 6.51. The molecule has 0 unspecified atom stereocenters. The van der Waals surface area contributed by atoms with Gasteiger partial charge in [-0.1, -0.05) is 321 Å². The Hall–Kier alpha value is -15.0. The van der Waals surface area contributed by atoms with Crippen LogP contribution in [-0.2, 0) is 6.42 Å². The summed E-state index contributed by atoms with van der Waals surface area (Å²) < 4.78 is 7.32. The van der Waals surface area contributed by atoms with Gasteiger partial charge in [-0.15, -0.1) is 22.7 Å². The maximum Gasteiger partial charge on any atom is 0.164 e. The summed E-state index contributed by atoms with van der Waals surface area (Å²) in [7, 11) is 0. The van der Waals surface area contributed by atoms with Crippen LogP contribution in [-0.4, -0.2) is 34.5 Å². The van der Waals surface area contributed by atoms with E-state index in [9.17, 15) is 0 Å². The van der Waals surface area contributed by atoms with Gasteiger partial charge in [0.15, 0.2) is 34.9 Å². The summed E-state index contributed by atoms with van der Waals surface area (Å²) >= 11 is 10.1. The fourth-order valence-corrected chi connectivity index (χ4v) is 21.1. The van der Waals surface area contributed by atoms with Crippen molar-refractivity contribution < 1.29 is 0 Å². The molecular weight excluding hydrogens is 1530 g/mol. The van der Waals surface area contributed by atoms with E-state index in [1.807, 2.05) is 65.9 Å². The minimum atomic E-state index is 0.646. The Morgan fingerprint density at radius 1 is 0.240 bits per heavy atom. The summed E-state index contributed by atoms with van der Waals surface area (Å²) in [5, 5.41) is 27.5. The number of aromatic nitrogens is 7. The van der Waals surface area contributed by atoms with Crippen LogP contribution in [0.3, 0.4) is 0 Å². The van der Waals surface area contributed by atoms with Gasteiger partial charge in [0.2, 0.25) is 0 Å². The van der Waals surface area contributed by atoms with E-state index in [1.165, 1.54) is 133 Å². The SMILES string of the molecule is Clc1ccc2sc3c4ccccc4cc(-c4nc(-c5ccccc5)nc(-c5ccc6ccccc6c5)n4)c3c2c1.c1ccc(-c2nc(-c3ccc4ccccc4c3)nc(-c3cc4ccccc4c4sc5ccc(-n6c7cc8ccccc8cc7c7ccc8ccccc8c76)cc5c34)n2)cc1.c1ccc2cc3c(cc2c1)Cc1c-3ccc2ccccc12. The molecule has 5 heterocycles. The molecule has 25 aromatic rings. The number of benzene rings is 20. The topological polar surface area (TPSA) is 82.3 Å². The summed E-state index contributed by atoms with van der Waals surface area (Å²) in [5.74, 6) is 3.89. The van der Waals surface area contributed by atoms with Crippen molar-refractivity contribution in [3.8, 4) is 85.1 Å². The van der Waals surface area contributed by atoms with Gasteiger partial charge in [-0.3, -0.25) is 0 Å². The lowest BCUT2D eigenvalue weighted by Crippen LogP contribution is -2.00. The van der Waals surface area contributed by atoms with Crippen LogP contribution in [0.1, 0.15) is 11.1 Å². The molecule has 7 nitrogen and oxygen atoms in total. The second-order valence-corrected chi connectivity index (χ2v) is 33.8. The van der Waals surface area contributed by atoms with Crippen molar-refractivity contribution >= 4 is 183 Å². The predicted octanol–water partition coefficient (Wildman–Crippen LogP) is 30.7. The van der Waals surface area contributed by atoms with E-state index in [-0.39, 0.29) is 0 Å². The van der Waals surface area contributed by atoms with Crippen LogP contribution >= 0.6 is 34.3 Å². The first-order valence-corrected chi connectivity index (χ1v) is 42.8. The number of halogens is 1. The van der Waals surface area contributed by atoms with Gasteiger partial charge in [0.05, 0.1) is 11.0 Å². The van der Waals surface area contributed by atoms with Crippen LogP contribution < -0.4 is 0 Å². The van der Waals surface area contributed by atoms with Gasteiger partial charge in [-0.05, 0) is 188 Å². The number of fused-ring (bicyclic) bond motifs is 24. The third-order valence-corrected chi connectivity index (χ3v) is 26.8. The first kappa shape index (κ1) is 70.3. The number of thiophene rings is 2. The van der Waals surface area contributed by atoms with E-state index in [2.05, 4.69) is 338 Å². The highest BCUT2D eigenvalue weighted by atomic mass is 35.5. The second kappa shape index (κ2) is 28.7. The molecule has 0 saturated carbocycles. The molecule has 0 aliphatic heterocycles. The predicted molar refractivity (Wildman–Crippen MR) is 512 cm³/mol. The quantitative estimate of drug-likeness (QED) is 0.158. The van der Waals surface area contributed by atoms with E-state index in [4.69, 9.17) is 41.5 Å². The summed E-state index contributed by atoms with van der Waals surface area (Å²) in [6.45, 7) is 0. The monoisotopic (exact) mass is 1600 g/mol. The fraction of sp³-hybridized carbons (Fsp3) is 0.00901. The molecule has 10 heteroatoms. The number of hydrogen-bond donors (Lipinski definition) is 0. The first-order chi connectivity index (χ1) is 59.8. The Balaban J connectivity index is 0.000000116. The maximum absolute atomic E-state index is 6.51. The third kappa shape index (κ3) is 12.1. The van der Waals surface area contributed by atoms with Gasteiger partial charge in [0.1, 0.15) is 0 Å². The molecule has 0 N–H and O–H groups in total. The van der Waals surface area contributed by atoms with Crippen molar-refractivity contribution in [2.24, 2.45) is 0 Å². The average Bonchev–Trinajstić information content (AvgIpc) is 1.56. The van der Waals surface area contributed by atoms with Crippen molar-refractivity contribution in [3.05, 3.63) is 404 Å². The fourth-order valence-electron chi connectivity index (χ4n) is 18.4. The molecule has 1 aliphatic rings. The van der Waals surface area contributed by atoms with E-state index >= 15 is 0 Å². The van der Waals surface area contributed by atoms with E-state index in [0.29, 0.717) is 40.0 Å². The van der Waals surface area contributed by atoms with Gasteiger partial charge in [0, 0.05) is 101 Å². The van der Waals surface area contributed by atoms with Crippen molar-refractivity contribution in [1.29, 1.82) is 0 Å². The Kier molecular flexibility index (Phi) is 16.7. The minimum Gasteiger partial charge on any atom is -0.309 e. The molecule has 0 radical (unpaired) electrons. The van der Waals surface area contributed by atoms with Crippen molar-refractivity contribution in [2.75, 3.05) is 0 Å². The number of nitrogens with zero attached hydrogens (tertiary/aromatic N) is 7. The molecular formula is C111H66ClN7S2. The standard InChI is InChI=1S/C55H32N4S.C35H20ClN3S.C21H14/c1-2-14-35(15-3-1)53-56-54(40-23-22-33-12-4-5-16-36(33)28-40)58-55(57-53)47-30-39-19-9-11-21-43(39)52-50(47)46-32-41(25-27-49(46)60-52)59-48-31-38-18-7-6-17-37(38)29-45(48)44-26-24-34-13-8-10-20-42(34)51(44)59;36-26-16-17-30-28(20-26)31-29(19-24-12-6-7-13-27(24)32(31)40-30)35-38-33(22-9-2-1-3-10-22)37-34(39-35)25-15-14-21-8-4-5-11-23(21)18-25;1-2-7-16-12-20-17(11-15(16)6-1)13-21-18-8-4-3-5-14(18)9-10-19(20)21/h1-32H;1-20H;1-12H,13H2. The molecule has 26 rings (SSSR count). The van der Waals surface area contributed by atoms with Crippen LogP contribution in [0.15, 0.2) is 388 Å². The van der Waals surface area contributed by atoms with Gasteiger partial charge < -0.3 is 4.57 Å². The van der Waals surface area contributed by atoms with Crippen LogP contribution in [0, 0.1) is 0 Å². The van der Waals surface area contributed by atoms with Gasteiger partial charge in [0.25, 0.3) is 0 Å². The molecule has 564 valence electrons. The minimum absolute atomic E-state index is 0.646.